The molecule has 4 aromatic rings. The fourth-order valence-electron chi connectivity index (χ4n) is 5.23. The predicted molar refractivity (Wildman–Crippen MR) is 145 cm³/mol. The zero-order valence-corrected chi connectivity index (χ0v) is 20.9. The van der Waals surface area contributed by atoms with Crippen LogP contribution in [0.4, 0.5) is 17.1 Å². The molecule has 0 saturated heterocycles. The second kappa shape index (κ2) is 10.8. The third-order valence-corrected chi connectivity index (χ3v) is 7.06. The highest BCUT2D eigenvalue weighted by Gasteiger charge is 2.38. The van der Waals surface area contributed by atoms with Crippen molar-refractivity contribution in [1.29, 1.82) is 0 Å². The number of carboxylic acids is 1. The van der Waals surface area contributed by atoms with Gasteiger partial charge in [0.2, 0.25) is 0 Å². The fraction of sp³-hybridized carbons (Fsp3) is 0.226. The summed E-state index contributed by atoms with van der Waals surface area (Å²) in [4.78, 5) is 16.3. The van der Waals surface area contributed by atoms with E-state index >= 15 is 0 Å². The highest BCUT2D eigenvalue weighted by Crippen LogP contribution is 2.48. The molecule has 1 unspecified atom stereocenters. The lowest BCUT2D eigenvalue weighted by Crippen LogP contribution is -2.38. The van der Waals surface area contributed by atoms with E-state index in [2.05, 4.69) is 17.1 Å². The van der Waals surface area contributed by atoms with E-state index in [9.17, 15) is 9.90 Å². The Morgan fingerprint density at radius 2 is 1.65 bits per heavy atom. The van der Waals surface area contributed by atoms with Crippen LogP contribution in [0.15, 0.2) is 97.3 Å². The van der Waals surface area contributed by atoms with Crippen LogP contribution < -0.4 is 14.0 Å². The van der Waals surface area contributed by atoms with Gasteiger partial charge in [-0.2, -0.15) is 0 Å². The van der Waals surface area contributed by atoms with E-state index < -0.39 is 5.97 Å². The van der Waals surface area contributed by atoms with Gasteiger partial charge in [-0.15, -0.1) is 0 Å². The average Bonchev–Trinajstić information content (AvgIpc) is 3.46. The van der Waals surface area contributed by atoms with Gasteiger partial charge in [-0.25, -0.2) is 9.28 Å². The van der Waals surface area contributed by atoms with Gasteiger partial charge in [-0.05, 0) is 56.0 Å². The summed E-state index contributed by atoms with van der Waals surface area (Å²) < 4.78 is 12.4. The molecule has 5 rings (SSSR count). The molecule has 6 nitrogen and oxygen atoms in total. The first kappa shape index (κ1) is 24.5. The Balaban J connectivity index is 1.76. The molecule has 3 aromatic carbocycles. The number of ether oxygens (including phenoxy) is 2. The summed E-state index contributed by atoms with van der Waals surface area (Å²) in [5, 5.41) is 9.82. The van der Waals surface area contributed by atoms with E-state index in [0.717, 1.165) is 35.5 Å². The van der Waals surface area contributed by atoms with Crippen molar-refractivity contribution >= 4 is 23.0 Å². The maximum Gasteiger partial charge on any atom is 0.335 e. The topological polar surface area (TPSA) is 68.7 Å². The van der Waals surface area contributed by atoms with Gasteiger partial charge >= 0.3 is 5.97 Å². The van der Waals surface area contributed by atoms with Crippen LogP contribution in [-0.2, 0) is 6.54 Å². The molecule has 37 heavy (non-hydrogen) atoms. The number of methoxy groups -OCH3 is 1. The number of carboxylic acid groups (broad SMARTS) is 1. The number of hydrogen-bond donors (Lipinski definition) is 1. The van der Waals surface area contributed by atoms with Crippen LogP contribution in [0.5, 0.6) is 11.5 Å². The van der Waals surface area contributed by atoms with Gasteiger partial charge < -0.3 is 14.6 Å². The van der Waals surface area contributed by atoms with Crippen LogP contribution in [0.3, 0.4) is 0 Å². The van der Waals surface area contributed by atoms with Crippen LogP contribution in [0.2, 0.25) is 0 Å². The molecular weight excluding hydrogens is 464 g/mol. The standard InChI is InChI=1S/C31H30N2O4/c1-36-29-17-16-27(20-30(29)37-28-14-5-6-15-28)33(25-11-3-2-4-12-25,22-23-9-8-18-32-21-23)26-13-7-10-24(19-26)31(34)35/h2-4,7-13,16-21,28H,5-6,14-15,22H2,1H3/p+1. The van der Waals surface area contributed by atoms with Crippen LogP contribution in [-0.4, -0.2) is 29.3 Å². The molecule has 1 heterocycles. The molecule has 0 amide bonds. The number of aromatic carboxylic acids is 1. The molecule has 1 atom stereocenters. The Bertz CT molecular complexity index is 1350. The summed E-state index contributed by atoms with van der Waals surface area (Å²) in [6.45, 7) is 0.524. The molecule has 0 bridgehead atoms. The average molecular weight is 496 g/mol. The summed E-state index contributed by atoms with van der Waals surface area (Å²) in [5.41, 5.74) is 4.00. The quantitative estimate of drug-likeness (QED) is 0.247. The number of aromatic nitrogens is 1. The third kappa shape index (κ3) is 5.06. The molecule has 0 spiro atoms. The summed E-state index contributed by atoms with van der Waals surface area (Å²) in [6, 6.07) is 27.3. The molecular formula is C31H31N2O4+. The van der Waals surface area contributed by atoms with E-state index in [4.69, 9.17) is 9.47 Å². The van der Waals surface area contributed by atoms with E-state index in [-0.39, 0.29) is 16.2 Å². The first-order chi connectivity index (χ1) is 18.1. The first-order valence-electron chi connectivity index (χ1n) is 12.6. The smallest absolute Gasteiger partial charge is 0.335 e. The normalized spacial score (nSPS) is 15.2. The number of carbonyl (C=O) groups is 1. The van der Waals surface area contributed by atoms with Crippen LogP contribution >= 0.6 is 0 Å². The van der Waals surface area contributed by atoms with Gasteiger partial charge in [0.15, 0.2) is 11.5 Å². The molecule has 188 valence electrons. The van der Waals surface area contributed by atoms with Crippen LogP contribution in [0, 0.1) is 0 Å². The van der Waals surface area contributed by atoms with Crippen molar-refractivity contribution in [3.05, 3.63) is 108 Å². The zero-order chi connectivity index (χ0) is 25.7. The Morgan fingerprint density at radius 1 is 0.892 bits per heavy atom. The number of rotatable bonds is 9. The fourth-order valence-corrected chi connectivity index (χ4v) is 5.23. The largest absolute Gasteiger partial charge is 0.493 e. The molecule has 0 aliphatic heterocycles. The van der Waals surface area contributed by atoms with Crippen molar-refractivity contribution in [3.63, 3.8) is 0 Å². The minimum absolute atomic E-state index is 0.163. The van der Waals surface area contributed by atoms with E-state index in [1.807, 2.05) is 60.8 Å². The number of pyridine rings is 1. The second-order valence-electron chi connectivity index (χ2n) is 9.38. The van der Waals surface area contributed by atoms with Crippen molar-refractivity contribution in [3.8, 4) is 11.5 Å². The van der Waals surface area contributed by atoms with Gasteiger partial charge in [0.05, 0.1) is 18.8 Å². The number of quaternary nitrogens is 1. The summed E-state index contributed by atoms with van der Waals surface area (Å²) in [6.07, 6.45) is 8.17. The van der Waals surface area contributed by atoms with Gasteiger partial charge in [0.1, 0.15) is 23.6 Å². The van der Waals surface area contributed by atoms with Crippen molar-refractivity contribution < 1.29 is 19.4 Å². The lowest BCUT2D eigenvalue weighted by Gasteiger charge is -2.38. The van der Waals surface area contributed by atoms with Gasteiger partial charge in [-0.1, -0.05) is 30.3 Å². The highest BCUT2D eigenvalue weighted by molar-refractivity contribution is 5.89. The Labute approximate surface area is 217 Å². The maximum atomic E-state index is 12.0. The van der Waals surface area contributed by atoms with E-state index in [1.54, 1.807) is 31.5 Å². The Hall–Kier alpha value is -4.16. The molecule has 1 aliphatic rings. The molecule has 1 aliphatic carbocycles. The first-order valence-corrected chi connectivity index (χ1v) is 12.6. The van der Waals surface area contributed by atoms with Gasteiger partial charge in [0, 0.05) is 42.2 Å². The monoisotopic (exact) mass is 495 g/mol. The summed E-state index contributed by atoms with van der Waals surface area (Å²) >= 11 is 0. The Morgan fingerprint density at radius 3 is 2.35 bits per heavy atom. The highest BCUT2D eigenvalue weighted by atomic mass is 16.5. The number of hydrogen-bond acceptors (Lipinski definition) is 4. The second-order valence-corrected chi connectivity index (χ2v) is 9.38. The van der Waals surface area contributed by atoms with Crippen molar-refractivity contribution in [1.82, 2.24) is 9.47 Å². The number of benzene rings is 3. The zero-order valence-electron chi connectivity index (χ0n) is 20.9. The van der Waals surface area contributed by atoms with Crippen molar-refractivity contribution in [2.45, 2.75) is 38.3 Å². The van der Waals surface area contributed by atoms with E-state index in [1.165, 1.54) is 12.8 Å². The molecule has 6 heteroatoms. The molecule has 1 fully saturated rings. The van der Waals surface area contributed by atoms with E-state index in [0.29, 0.717) is 18.0 Å². The third-order valence-electron chi connectivity index (χ3n) is 7.06. The van der Waals surface area contributed by atoms with Crippen molar-refractivity contribution in [2.24, 2.45) is 0 Å². The van der Waals surface area contributed by atoms with Crippen LogP contribution in [0.25, 0.3) is 0 Å². The Kier molecular flexibility index (Phi) is 7.19. The number of para-hydroxylation sites is 1. The molecule has 1 N–H and O–H groups in total. The summed E-state index contributed by atoms with van der Waals surface area (Å²) in [5.74, 6) is 0.419. The molecule has 1 aromatic heterocycles. The van der Waals surface area contributed by atoms with Gasteiger partial charge in [0.25, 0.3) is 0 Å². The predicted octanol–water partition coefficient (Wildman–Crippen LogP) is 7.28. The minimum Gasteiger partial charge on any atom is -0.493 e. The lowest BCUT2D eigenvalue weighted by atomic mass is 10.0. The van der Waals surface area contributed by atoms with Gasteiger partial charge in [-0.3, -0.25) is 4.98 Å². The minimum atomic E-state index is -0.964. The SMILES string of the molecule is COc1ccc([N+](Cc2cccnc2)(c2ccccc2)c2cccc(C(=O)O)c2)cc1OC1CCCC1. The summed E-state index contributed by atoms with van der Waals surface area (Å²) in [7, 11) is 1.65. The number of nitrogens with zero attached hydrogens (tertiary/aromatic N) is 2. The van der Waals surface area contributed by atoms with Crippen molar-refractivity contribution in [2.75, 3.05) is 7.11 Å². The molecule has 0 radical (unpaired) electrons. The maximum absolute atomic E-state index is 12.0. The lowest BCUT2D eigenvalue weighted by molar-refractivity contribution is 0.0696. The molecule has 1 saturated carbocycles. The van der Waals surface area contributed by atoms with Crippen LogP contribution in [0.1, 0.15) is 41.6 Å².